The van der Waals surface area contributed by atoms with E-state index in [0.717, 1.165) is 29.8 Å². The first-order valence-corrected chi connectivity index (χ1v) is 11.2. The standard InChI is InChI=1S/C21H25BrN4O2S/c1-5-25(6-2)10-11-26(16-9-7-8-15(22)12-16)21(28)18-14(3)17-19(29-18)23-13-24(4)20(17)27/h7-9,12-13H,5-6,10-11H2,1-4H3. The third-order valence-corrected chi connectivity index (χ3v) is 6.79. The molecule has 0 atom stereocenters. The second kappa shape index (κ2) is 9.19. The van der Waals surface area contributed by atoms with Crippen LogP contribution in [-0.4, -0.2) is 46.5 Å². The van der Waals surface area contributed by atoms with E-state index in [2.05, 4.69) is 39.7 Å². The van der Waals surface area contributed by atoms with Crippen molar-refractivity contribution in [3.05, 3.63) is 55.9 Å². The van der Waals surface area contributed by atoms with E-state index in [4.69, 9.17) is 0 Å². The number of hydrogen-bond donors (Lipinski definition) is 0. The number of fused-ring (bicyclic) bond motifs is 1. The van der Waals surface area contributed by atoms with Crippen LogP contribution in [0.3, 0.4) is 0 Å². The maximum absolute atomic E-state index is 13.6. The maximum atomic E-state index is 13.6. The van der Waals surface area contributed by atoms with Gasteiger partial charge in [-0.1, -0.05) is 35.8 Å². The van der Waals surface area contributed by atoms with E-state index in [0.29, 0.717) is 27.2 Å². The minimum atomic E-state index is -0.125. The molecule has 0 aliphatic carbocycles. The van der Waals surface area contributed by atoms with E-state index in [1.807, 2.05) is 31.2 Å². The van der Waals surface area contributed by atoms with Crippen LogP contribution in [0.5, 0.6) is 0 Å². The molecule has 0 N–H and O–H groups in total. The second-order valence-electron chi connectivity index (χ2n) is 6.86. The number of aromatic nitrogens is 2. The largest absolute Gasteiger partial charge is 0.306 e. The first kappa shape index (κ1) is 21.7. The number of nitrogens with zero attached hydrogens (tertiary/aromatic N) is 4. The van der Waals surface area contributed by atoms with Gasteiger partial charge in [-0.15, -0.1) is 11.3 Å². The molecule has 0 saturated heterocycles. The van der Waals surface area contributed by atoms with Gasteiger partial charge in [0.25, 0.3) is 11.5 Å². The van der Waals surface area contributed by atoms with Crippen LogP contribution in [0.4, 0.5) is 5.69 Å². The van der Waals surface area contributed by atoms with Crippen LogP contribution in [0, 0.1) is 6.92 Å². The summed E-state index contributed by atoms with van der Waals surface area (Å²) < 4.78 is 2.36. The molecule has 2 aromatic heterocycles. The summed E-state index contributed by atoms with van der Waals surface area (Å²) >= 11 is 4.79. The number of rotatable bonds is 7. The molecule has 0 spiro atoms. The van der Waals surface area contributed by atoms with Gasteiger partial charge < -0.3 is 14.4 Å². The number of benzene rings is 1. The summed E-state index contributed by atoms with van der Waals surface area (Å²) in [5, 5.41) is 0.529. The number of aryl methyl sites for hydroxylation is 2. The Balaban J connectivity index is 2.04. The smallest absolute Gasteiger partial charge is 0.268 e. The highest BCUT2D eigenvalue weighted by atomic mass is 79.9. The Bertz CT molecular complexity index is 1090. The first-order chi connectivity index (χ1) is 13.9. The van der Waals surface area contributed by atoms with Crippen molar-refractivity contribution in [2.24, 2.45) is 7.05 Å². The van der Waals surface area contributed by atoms with Crippen LogP contribution in [0.2, 0.25) is 0 Å². The Labute approximate surface area is 182 Å². The molecule has 0 radical (unpaired) electrons. The molecule has 1 aromatic carbocycles. The van der Waals surface area contributed by atoms with Gasteiger partial charge in [0.2, 0.25) is 0 Å². The molecular weight excluding hydrogens is 452 g/mol. The highest BCUT2D eigenvalue weighted by molar-refractivity contribution is 9.10. The lowest BCUT2D eigenvalue weighted by Gasteiger charge is -2.26. The number of amides is 1. The quantitative estimate of drug-likeness (QED) is 0.515. The van der Waals surface area contributed by atoms with Gasteiger partial charge in [-0.3, -0.25) is 9.59 Å². The molecule has 0 fully saturated rings. The fraction of sp³-hybridized carbons (Fsp3) is 0.381. The van der Waals surface area contributed by atoms with Crippen LogP contribution in [-0.2, 0) is 7.05 Å². The summed E-state index contributed by atoms with van der Waals surface area (Å²) in [7, 11) is 1.67. The van der Waals surface area contributed by atoms with Crippen LogP contribution in [0.25, 0.3) is 10.2 Å². The number of carbonyl (C=O) groups excluding carboxylic acids is 1. The molecule has 3 aromatic rings. The zero-order valence-corrected chi connectivity index (χ0v) is 19.5. The van der Waals surface area contributed by atoms with E-state index in [9.17, 15) is 9.59 Å². The molecule has 2 heterocycles. The molecule has 0 bridgehead atoms. The van der Waals surface area contributed by atoms with Gasteiger partial charge in [-0.25, -0.2) is 4.98 Å². The minimum Gasteiger partial charge on any atom is -0.306 e. The Hall–Kier alpha value is -2.03. The number of thiophene rings is 1. The molecule has 0 aliphatic rings. The second-order valence-corrected chi connectivity index (χ2v) is 8.78. The van der Waals surface area contributed by atoms with Crippen LogP contribution in [0.1, 0.15) is 29.1 Å². The lowest BCUT2D eigenvalue weighted by molar-refractivity contribution is 0.0987. The van der Waals surface area contributed by atoms with Gasteiger partial charge in [-0.05, 0) is 43.8 Å². The first-order valence-electron chi connectivity index (χ1n) is 9.61. The van der Waals surface area contributed by atoms with Gasteiger partial charge >= 0.3 is 0 Å². The van der Waals surface area contributed by atoms with Crippen molar-refractivity contribution >= 4 is 49.1 Å². The van der Waals surface area contributed by atoms with Gasteiger partial charge in [0.05, 0.1) is 16.6 Å². The number of likely N-dealkylation sites (N-methyl/N-ethyl adjacent to an activating group) is 1. The summed E-state index contributed by atoms with van der Waals surface area (Å²) in [4.78, 5) is 35.8. The summed E-state index contributed by atoms with van der Waals surface area (Å²) in [6, 6.07) is 7.74. The average molecular weight is 477 g/mol. The predicted octanol–water partition coefficient (Wildman–Crippen LogP) is 4.05. The Morgan fingerprint density at radius 2 is 1.97 bits per heavy atom. The lowest BCUT2D eigenvalue weighted by atomic mass is 10.2. The third-order valence-electron chi connectivity index (χ3n) is 5.10. The van der Waals surface area contributed by atoms with Gasteiger partial charge in [0, 0.05) is 30.3 Å². The van der Waals surface area contributed by atoms with Crippen molar-refractivity contribution in [2.75, 3.05) is 31.1 Å². The number of hydrogen-bond acceptors (Lipinski definition) is 5. The molecule has 0 aliphatic heterocycles. The van der Waals surface area contributed by atoms with Crippen molar-refractivity contribution in [1.29, 1.82) is 0 Å². The summed E-state index contributed by atoms with van der Waals surface area (Å²) in [6.45, 7) is 9.26. The van der Waals surface area contributed by atoms with Crippen molar-refractivity contribution in [2.45, 2.75) is 20.8 Å². The number of carbonyl (C=O) groups is 1. The predicted molar refractivity (Wildman–Crippen MR) is 123 cm³/mol. The fourth-order valence-electron chi connectivity index (χ4n) is 3.31. The van der Waals surface area contributed by atoms with E-state index in [-0.39, 0.29) is 11.5 Å². The molecule has 8 heteroatoms. The van der Waals surface area contributed by atoms with Gasteiger partial charge in [-0.2, -0.15) is 0 Å². The van der Waals surface area contributed by atoms with E-state index in [1.165, 1.54) is 22.2 Å². The fourth-order valence-corrected chi connectivity index (χ4v) is 4.78. The SMILES string of the molecule is CCN(CC)CCN(C(=O)c1sc2ncn(C)c(=O)c2c1C)c1cccc(Br)c1. The van der Waals surface area contributed by atoms with Crippen molar-refractivity contribution < 1.29 is 4.79 Å². The number of anilines is 1. The average Bonchev–Trinajstić information content (AvgIpc) is 3.05. The highest BCUT2D eigenvalue weighted by Gasteiger charge is 2.25. The van der Waals surface area contributed by atoms with Crippen LogP contribution < -0.4 is 10.5 Å². The summed E-state index contributed by atoms with van der Waals surface area (Å²) in [5.74, 6) is -0.0993. The van der Waals surface area contributed by atoms with E-state index >= 15 is 0 Å². The Morgan fingerprint density at radius 3 is 2.62 bits per heavy atom. The third kappa shape index (κ3) is 4.44. The van der Waals surface area contributed by atoms with Crippen LogP contribution >= 0.6 is 27.3 Å². The molecule has 6 nitrogen and oxygen atoms in total. The Morgan fingerprint density at radius 1 is 1.24 bits per heavy atom. The van der Waals surface area contributed by atoms with Crippen molar-refractivity contribution in [1.82, 2.24) is 14.5 Å². The molecule has 1 amide bonds. The molecule has 0 saturated carbocycles. The van der Waals surface area contributed by atoms with E-state index < -0.39 is 0 Å². The zero-order chi connectivity index (χ0) is 21.1. The minimum absolute atomic E-state index is 0.0993. The zero-order valence-electron chi connectivity index (χ0n) is 17.1. The lowest BCUT2D eigenvalue weighted by Crippen LogP contribution is -2.38. The Kier molecular flexibility index (Phi) is 6.87. The molecule has 0 unspecified atom stereocenters. The normalized spacial score (nSPS) is 11.4. The summed E-state index contributed by atoms with van der Waals surface area (Å²) in [5.41, 5.74) is 1.40. The monoisotopic (exact) mass is 476 g/mol. The van der Waals surface area contributed by atoms with Crippen molar-refractivity contribution in [3.8, 4) is 0 Å². The summed E-state index contributed by atoms with van der Waals surface area (Å²) in [6.07, 6.45) is 1.50. The van der Waals surface area contributed by atoms with E-state index in [1.54, 1.807) is 11.9 Å². The molecular formula is C21H25BrN4O2S. The van der Waals surface area contributed by atoms with Crippen molar-refractivity contribution in [3.63, 3.8) is 0 Å². The molecule has 3 rings (SSSR count). The maximum Gasteiger partial charge on any atom is 0.268 e. The number of halogens is 1. The molecule has 154 valence electrons. The topological polar surface area (TPSA) is 58.4 Å². The van der Waals surface area contributed by atoms with Crippen LogP contribution in [0.15, 0.2) is 39.9 Å². The van der Waals surface area contributed by atoms with Gasteiger partial charge in [0.15, 0.2) is 0 Å². The van der Waals surface area contributed by atoms with Gasteiger partial charge in [0.1, 0.15) is 4.83 Å². The highest BCUT2D eigenvalue weighted by Crippen LogP contribution is 2.30. The molecule has 29 heavy (non-hydrogen) atoms.